The van der Waals surface area contributed by atoms with Gasteiger partial charge in [-0.25, -0.2) is 14.8 Å². The zero-order valence-corrected chi connectivity index (χ0v) is 11.1. The second-order valence-corrected chi connectivity index (χ2v) is 3.98. The molecule has 0 saturated carbocycles. The van der Waals surface area contributed by atoms with Crippen LogP contribution in [-0.2, 0) is 11.3 Å². The maximum atomic E-state index is 11.4. The lowest BCUT2D eigenvalue weighted by Gasteiger charge is -2.04. The fourth-order valence-corrected chi connectivity index (χ4v) is 1.40. The molecular weight excluding hydrogens is 270 g/mol. The predicted molar refractivity (Wildman–Crippen MR) is 75.2 cm³/mol. The summed E-state index contributed by atoms with van der Waals surface area (Å²) in [6.45, 7) is 0.332. The highest BCUT2D eigenvalue weighted by atomic mass is 16.5. The highest BCUT2D eigenvalue weighted by molar-refractivity contribution is 5.67. The Morgan fingerprint density at radius 1 is 1.24 bits per heavy atom. The van der Waals surface area contributed by atoms with Crippen molar-refractivity contribution in [3.05, 3.63) is 54.1 Å². The van der Waals surface area contributed by atoms with E-state index in [-0.39, 0.29) is 24.7 Å². The van der Waals surface area contributed by atoms with Crippen LogP contribution < -0.4 is 5.32 Å². The zero-order valence-electron chi connectivity index (χ0n) is 11.1. The molecule has 2 aromatic rings. The van der Waals surface area contributed by atoms with Gasteiger partial charge in [-0.05, 0) is 11.5 Å². The van der Waals surface area contributed by atoms with E-state index in [0.29, 0.717) is 0 Å². The molecule has 0 radical (unpaired) electrons. The Kier molecular flexibility index (Phi) is 5.12. The van der Waals surface area contributed by atoms with Crippen LogP contribution in [0, 0.1) is 11.8 Å². The number of ether oxygens (including phenoxy) is 1. The number of carbonyl (C=O) groups is 1. The third kappa shape index (κ3) is 5.20. The largest absolute Gasteiger partial charge is 0.505 e. The highest BCUT2D eigenvalue weighted by Gasteiger charge is 2.00. The van der Waals surface area contributed by atoms with Gasteiger partial charge in [0.2, 0.25) is 5.82 Å². The first-order chi connectivity index (χ1) is 10.2. The molecule has 1 amide bonds. The predicted octanol–water partition coefficient (Wildman–Crippen LogP) is 1.46. The van der Waals surface area contributed by atoms with Crippen LogP contribution >= 0.6 is 0 Å². The maximum Gasteiger partial charge on any atom is 0.408 e. The molecule has 0 bridgehead atoms. The smallest absolute Gasteiger partial charge is 0.408 e. The van der Waals surface area contributed by atoms with E-state index in [1.165, 1.54) is 12.4 Å². The van der Waals surface area contributed by atoms with Gasteiger partial charge < -0.3 is 15.2 Å². The molecule has 0 atom stereocenters. The van der Waals surface area contributed by atoms with Crippen LogP contribution in [0.1, 0.15) is 11.4 Å². The lowest BCUT2D eigenvalue weighted by atomic mass is 10.2. The number of rotatable bonds is 3. The first kappa shape index (κ1) is 14.3. The molecule has 21 heavy (non-hydrogen) atoms. The molecule has 0 unspecified atom stereocenters. The lowest BCUT2D eigenvalue weighted by molar-refractivity contribution is 0.141. The number of aromatic hydroxyl groups is 1. The molecule has 0 aliphatic heterocycles. The molecule has 106 valence electrons. The number of alkyl carbamates (subject to hydrolysis) is 1. The Bertz CT molecular complexity index is 645. The lowest BCUT2D eigenvalue weighted by Crippen LogP contribution is -2.24. The van der Waals surface area contributed by atoms with Crippen molar-refractivity contribution in [2.24, 2.45) is 0 Å². The molecular formula is C15H13N3O3. The molecule has 1 aromatic heterocycles. The minimum absolute atomic E-state index is 0.0248. The summed E-state index contributed by atoms with van der Waals surface area (Å²) in [6.07, 6.45) is 1.96. The quantitative estimate of drug-likeness (QED) is 0.833. The number of nitrogens with one attached hydrogen (secondary N) is 1. The summed E-state index contributed by atoms with van der Waals surface area (Å²) >= 11 is 0. The number of carbonyl (C=O) groups excluding carboxylic acids is 1. The molecule has 0 fully saturated rings. The third-order valence-corrected chi connectivity index (χ3v) is 2.37. The van der Waals surface area contributed by atoms with Crippen molar-refractivity contribution in [2.45, 2.75) is 6.61 Å². The van der Waals surface area contributed by atoms with Crippen molar-refractivity contribution < 1.29 is 14.6 Å². The van der Waals surface area contributed by atoms with Crippen molar-refractivity contribution in [1.29, 1.82) is 0 Å². The molecule has 2 N–H and O–H groups in total. The van der Waals surface area contributed by atoms with Gasteiger partial charge in [-0.2, -0.15) is 0 Å². The monoisotopic (exact) mass is 283 g/mol. The van der Waals surface area contributed by atoms with Crippen LogP contribution in [0.2, 0.25) is 0 Å². The fourth-order valence-electron chi connectivity index (χ4n) is 1.40. The Morgan fingerprint density at radius 3 is 2.67 bits per heavy atom. The Balaban J connectivity index is 1.71. The van der Waals surface area contributed by atoms with Crippen molar-refractivity contribution in [3.8, 4) is 17.6 Å². The summed E-state index contributed by atoms with van der Waals surface area (Å²) in [7, 11) is 0. The molecule has 6 heteroatoms. The Labute approximate surface area is 121 Å². The van der Waals surface area contributed by atoms with Crippen molar-refractivity contribution >= 4 is 6.09 Å². The average molecular weight is 283 g/mol. The molecule has 2 rings (SSSR count). The maximum absolute atomic E-state index is 11.4. The van der Waals surface area contributed by atoms with E-state index in [1.54, 1.807) is 0 Å². The van der Waals surface area contributed by atoms with E-state index >= 15 is 0 Å². The number of hydrogen-bond acceptors (Lipinski definition) is 5. The summed E-state index contributed by atoms with van der Waals surface area (Å²) in [4.78, 5) is 19.0. The molecule has 6 nitrogen and oxygen atoms in total. The van der Waals surface area contributed by atoms with E-state index in [9.17, 15) is 4.79 Å². The number of hydrogen-bond donors (Lipinski definition) is 2. The first-order valence-electron chi connectivity index (χ1n) is 6.18. The first-order valence-corrected chi connectivity index (χ1v) is 6.18. The van der Waals surface area contributed by atoms with Gasteiger partial charge in [-0.15, -0.1) is 0 Å². The van der Waals surface area contributed by atoms with Crippen LogP contribution in [0.4, 0.5) is 4.79 Å². The minimum Gasteiger partial charge on any atom is -0.505 e. The standard InChI is InChI=1S/C15H13N3O3/c19-13-9-17-14(18-10-13)7-4-8-16-15(20)21-11-12-5-2-1-3-6-12/h1-3,5-6,9-10,19H,8,11H2,(H,16,20). The second-order valence-electron chi connectivity index (χ2n) is 3.98. The highest BCUT2D eigenvalue weighted by Crippen LogP contribution is 2.01. The van der Waals surface area contributed by atoms with E-state index in [4.69, 9.17) is 9.84 Å². The molecule has 1 heterocycles. The third-order valence-electron chi connectivity index (χ3n) is 2.37. The van der Waals surface area contributed by atoms with Crippen LogP contribution in [0.15, 0.2) is 42.7 Å². The van der Waals surface area contributed by atoms with Gasteiger partial charge in [-0.3, -0.25) is 0 Å². The van der Waals surface area contributed by atoms with Crippen molar-refractivity contribution in [3.63, 3.8) is 0 Å². The summed E-state index contributed by atoms with van der Waals surface area (Å²) in [5.41, 5.74) is 0.913. The summed E-state index contributed by atoms with van der Waals surface area (Å²) in [6, 6.07) is 9.38. The van der Waals surface area contributed by atoms with Gasteiger partial charge in [0.05, 0.1) is 18.9 Å². The van der Waals surface area contributed by atoms with Crippen LogP contribution in [0.3, 0.4) is 0 Å². The molecule has 1 aromatic carbocycles. The van der Waals surface area contributed by atoms with E-state index in [2.05, 4.69) is 27.1 Å². The number of amides is 1. The van der Waals surface area contributed by atoms with Gasteiger partial charge in [0.15, 0.2) is 5.75 Å². The Morgan fingerprint density at radius 2 is 1.95 bits per heavy atom. The van der Waals surface area contributed by atoms with E-state index in [0.717, 1.165) is 5.56 Å². The summed E-state index contributed by atoms with van der Waals surface area (Å²) in [5, 5.41) is 11.5. The van der Waals surface area contributed by atoms with Crippen LogP contribution in [0.5, 0.6) is 5.75 Å². The minimum atomic E-state index is -0.542. The SMILES string of the molecule is O=C(NCC#Cc1ncc(O)cn1)OCc1ccccc1. The summed E-state index contributed by atoms with van der Waals surface area (Å²) in [5.74, 6) is 5.57. The number of nitrogens with zero attached hydrogens (tertiary/aromatic N) is 2. The van der Waals surface area contributed by atoms with Crippen molar-refractivity contribution in [2.75, 3.05) is 6.54 Å². The van der Waals surface area contributed by atoms with Crippen molar-refractivity contribution in [1.82, 2.24) is 15.3 Å². The van der Waals surface area contributed by atoms with Gasteiger partial charge in [0.1, 0.15) is 6.61 Å². The zero-order chi connectivity index (χ0) is 14.9. The van der Waals surface area contributed by atoms with E-state index in [1.807, 2.05) is 30.3 Å². The Hall–Kier alpha value is -3.07. The van der Waals surface area contributed by atoms with Gasteiger partial charge >= 0.3 is 6.09 Å². The second kappa shape index (κ2) is 7.50. The molecule has 0 saturated heterocycles. The topological polar surface area (TPSA) is 84.3 Å². The average Bonchev–Trinajstić information content (AvgIpc) is 2.52. The van der Waals surface area contributed by atoms with Crippen LogP contribution in [-0.4, -0.2) is 27.7 Å². The fraction of sp³-hybridized carbons (Fsp3) is 0.133. The normalized spacial score (nSPS) is 9.33. The van der Waals surface area contributed by atoms with Gasteiger partial charge in [0.25, 0.3) is 0 Å². The van der Waals surface area contributed by atoms with Gasteiger partial charge in [-0.1, -0.05) is 36.3 Å². The van der Waals surface area contributed by atoms with Gasteiger partial charge in [0, 0.05) is 0 Å². The number of benzene rings is 1. The summed E-state index contributed by atoms with van der Waals surface area (Å²) < 4.78 is 5.01. The molecule has 0 aliphatic rings. The van der Waals surface area contributed by atoms with Crippen LogP contribution in [0.25, 0.3) is 0 Å². The molecule has 0 aliphatic carbocycles. The number of aromatic nitrogens is 2. The molecule has 0 spiro atoms. The van der Waals surface area contributed by atoms with E-state index < -0.39 is 6.09 Å².